The van der Waals surface area contributed by atoms with Gasteiger partial charge in [-0.05, 0) is 48.6 Å². The van der Waals surface area contributed by atoms with E-state index in [1.54, 1.807) is 14.2 Å². The van der Waals surface area contributed by atoms with Crippen molar-refractivity contribution in [3.63, 3.8) is 0 Å². The van der Waals surface area contributed by atoms with Crippen molar-refractivity contribution in [2.75, 3.05) is 32.2 Å². The number of piperidine rings is 1. The lowest BCUT2D eigenvalue weighted by molar-refractivity contribution is 0.354. The van der Waals surface area contributed by atoms with Gasteiger partial charge in [0.15, 0.2) is 17.5 Å². The Bertz CT molecular complexity index is 807. The van der Waals surface area contributed by atoms with Gasteiger partial charge in [0.25, 0.3) is 0 Å². The Morgan fingerprint density at radius 2 is 1.76 bits per heavy atom. The Balaban J connectivity index is 0.00000300. The number of nitrogens with two attached hydrogens (primary N) is 1. The maximum atomic E-state index is 6.09. The Morgan fingerprint density at radius 3 is 2.48 bits per heavy atom. The van der Waals surface area contributed by atoms with Gasteiger partial charge in [-0.25, -0.2) is 4.99 Å². The van der Waals surface area contributed by atoms with E-state index in [4.69, 9.17) is 15.2 Å². The van der Waals surface area contributed by atoms with Crippen LogP contribution < -0.4 is 25.4 Å². The van der Waals surface area contributed by atoms with Crippen LogP contribution in [-0.2, 0) is 13.1 Å². The lowest BCUT2D eigenvalue weighted by Crippen LogP contribution is -2.33. The number of nitrogens with one attached hydrogen (secondary N) is 1. The summed E-state index contributed by atoms with van der Waals surface area (Å²) in [6, 6.07) is 14.3. The number of halogens is 1. The standard InChI is InChI=1S/C22H30N4O2.HI/c1-27-20-11-10-17(14-21(20)28-2)15-24-22(23)25-16-18-8-4-5-9-19(18)26-12-6-3-7-13-26;/h4-5,8-11,14H,3,6-7,12-13,15-16H2,1-2H3,(H3,23,24,25);1H. The van der Waals surface area contributed by atoms with Gasteiger partial charge in [-0.2, -0.15) is 0 Å². The van der Waals surface area contributed by atoms with Crippen LogP contribution in [0.15, 0.2) is 47.5 Å². The van der Waals surface area contributed by atoms with Gasteiger partial charge in [-0.1, -0.05) is 24.3 Å². The summed E-state index contributed by atoms with van der Waals surface area (Å²) in [4.78, 5) is 6.93. The predicted octanol–water partition coefficient (Wildman–Crippen LogP) is 3.92. The number of benzene rings is 2. The summed E-state index contributed by atoms with van der Waals surface area (Å²) in [6.07, 6.45) is 3.85. The second-order valence-corrected chi connectivity index (χ2v) is 6.92. The van der Waals surface area contributed by atoms with Gasteiger partial charge < -0.3 is 25.4 Å². The second-order valence-electron chi connectivity index (χ2n) is 6.92. The van der Waals surface area contributed by atoms with E-state index in [2.05, 4.69) is 39.5 Å². The van der Waals surface area contributed by atoms with E-state index in [1.165, 1.54) is 30.5 Å². The largest absolute Gasteiger partial charge is 0.493 e. The summed E-state index contributed by atoms with van der Waals surface area (Å²) in [5.74, 6) is 1.83. The SMILES string of the molecule is COc1ccc(CN=C(N)NCc2ccccc2N2CCCCC2)cc1OC.I. The first-order valence-electron chi connectivity index (χ1n) is 9.79. The number of aliphatic imine (C=N–C) groups is 1. The van der Waals surface area contributed by atoms with Crippen molar-refractivity contribution < 1.29 is 9.47 Å². The van der Waals surface area contributed by atoms with Crippen LogP contribution in [0.4, 0.5) is 5.69 Å². The van der Waals surface area contributed by atoms with Crippen LogP contribution in [-0.4, -0.2) is 33.3 Å². The lowest BCUT2D eigenvalue weighted by Gasteiger charge is -2.30. The van der Waals surface area contributed by atoms with Crippen LogP contribution in [0, 0.1) is 0 Å². The fourth-order valence-corrected chi connectivity index (χ4v) is 3.50. The number of nitrogens with zero attached hydrogens (tertiary/aromatic N) is 2. The average Bonchev–Trinajstić information content (AvgIpc) is 2.76. The topological polar surface area (TPSA) is 72.1 Å². The zero-order valence-electron chi connectivity index (χ0n) is 17.2. The third-order valence-corrected chi connectivity index (χ3v) is 5.03. The maximum Gasteiger partial charge on any atom is 0.189 e. The first kappa shape index (κ1) is 23.1. The molecule has 158 valence electrons. The Morgan fingerprint density at radius 1 is 1.03 bits per heavy atom. The summed E-state index contributed by atoms with van der Waals surface area (Å²) in [7, 11) is 3.25. The molecule has 2 aromatic carbocycles. The molecule has 0 aromatic heterocycles. The smallest absolute Gasteiger partial charge is 0.189 e. The van der Waals surface area contributed by atoms with Crippen LogP contribution in [0.1, 0.15) is 30.4 Å². The molecule has 1 heterocycles. The molecule has 1 saturated heterocycles. The first-order valence-corrected chi connectivity index (χ1v) is 9.79. The van der Waals surface area contributed by atoms with Gasteiger partial charge >= 0.3 is 0 Å². The molecule has 0 bridgehead atoms. The minimum atomic E-state index is 0. The zero-order valence-corrected chi connectivity index (χ0v) is 19.5. The van der Waals surface area contributed by atoms with E-state index in [0.717, 1.165) is 18.7 Å². The molecule has 0 amide bonds. The third-order valence-electron chi connectivity index (χ3n) is 5.03. The quantitative estimate of drug-likeness (QED) is 0.336. The molecule has 0 aliphatic carbocycles. The Hall–Kier alpha value is -2.16. The molecule has 0 saturated carbocycles. The molecule has 3 N–H and O–H groups in total. The molecule has 7 heteroatoms. The first-order chi connectivity index (χ1) is 13.7. The van der Waals surface area contributed by atoms with Crippen molar-refractivity contribution in [3.8, 4) is 11.5 Å². The monoisotopic (exact) mass is 510 g/mol. The van der Waals surface area contributed by atoms with E-state index in [9.17, 15) is 0 Å². The van der Waals surface area contributed by atoms with Gasteiger partial charge in [0.2, 0.25) is 0 Å². The number of anilines is 1. The molecule has 0 radical (unpaired) electrons. The molecule has 2 aromatic rings. The van der Waals surface area contributed by atoms with E-state index in [0.29, 0.717) is 30.5 Å². The highest BCUT2D eigenvalue weighted by atomic mass is 127. The summed E-state index contributed by atoms with van der Waals surface area (Å²) < 4.78 is 10.6. The molecular weight excluding hydrogens is 479 g/mol. The fraction of sp³-hybridized carbons (Fsp3) is 0.409. The van der Waals surface area contributed by atoms with Crippen molar-refractivity contribution in [2.24, 2.45) is 10.7 Å². The number of methoxy groups -OCH3 is 2. The van der Waals surface area contributed by atoms with Crippen LogP contribution in [0.5, 0.6) is 11.5 Å². The molecular formula is C22H31IN4O2. The van der Waals surface area contributed by atoms with E-state index in [1.807, 2.05) is 18.2 Å². The third kappa shape index (κ3) is 6.42. The van der Waals surface area contributed by atoms with Crippen molar-refractivity contribution in [1.82, 2.24) is 5.32 Å². The molecule has 1 aliphatic heterocycles. The van der Waals surface area contributed by atoms with Crippen LogP contribution >= 0.6 is 24.0 Å². The highest BCUT2D eigenvalue weighted by molar-refractivity contribution is 14.0. The summed E-state index contributed by atoms with van der Waals surface area (Å²) in [5, 5.41) is 3.24. The molecule has 0 spiro atoms. The van der Waals surface area contributed by atoms with Crippen molar-refractivity contribution in [3.05, 3.63) is 53.6 Å². The van der Waals surface area contributed by atoms with Crippen molar-refractivity contribution >= 4 is 35.6 Å². The molecule has 6 nitrogen and oxygen atoms in total. The predicted molar refractivity (Wildman–Crippen MR) is 130 cm³/mol. The molecule has 0 atom stereocenters. The Labute approximate surface area is 190 Å². The average molecular weight is 510 g/mol. The van der Waals surface area contributed by atoms with Gasteiger partial charge in [0, 0.05) is 25.3 Å². The molecule has 1 aliphatic rings. The summed E-state index contributed by atoms with van der Waals surface area (Å²) in [5.41, 5.74) is 9.64. The molecule has 3 rings (SSSR count). The summed E-state index contributed by atoms with van der Waals surface area (Å²) in [6.45, 7) is 3.39. The Kier molecular flexibility index (Phi) is 9.37. The van der Waals surface area contributed by atoms with Crippen molar-refractivity contribution in [2.45, 2.75) is 32.4 Å². The second kappa shape index (κ2) is 11.7. The highest BCUT2D eigenvalue weighted by Crippen LogP contribution is 2.28. The highest BCUT2D eigenvalue weighted by Gasteiger charge is 2.14. The van der Waals surface area contributed by atoms with Crippen molar-refractivity contribution in [1.29, 1.82) is 0 Å². The van der Waals surface area contributed by atoms with E-state index < -0.39 is 0 Å². The van der Waals surface area contributed by atoms with Gasteiger partial charge in [-0.15, -0.1) is 24.0 Å². The number of hydrogen-bond acceptors (Lipinski definition) is 4. The van der Waals surface area contributed by atoms with Gasteiger partial charge in [0.1, 0.15) is 0 Å². The van der Waals surface area contributed by atoms with Crippen LogP contribution in [0.3, 0.4) is 0 Å². The number of hydrogen-bond donors (Lipinski definition) is 2. The fourth-order valence-electron chi connectivity index (χ4n) is 3.50. The van der Waals surface area contributed by atoms with Crippen LogP contribution in [0.25, 0.3) is 0 Å². The van der Waals surface area contributed by atoms with E-state index >= 15 is 0 Å². The van der Waals surface area contributed by atoms with E-state index in [-0.39, 0.29) is 24.0 Å². The number of ether oxygens (including phenoxy) is 2. The van der Waals surface area contributed by atoms with Gasteiger partial charge in [0.05, 0.1) is 20.8 Å². The number of guanidine groups is 1. The molecule has 1 fully saturated rings. The lowest BCUT2D eigenvalue weighted by atomic mass is 10.1. The zero-order chi connectivity index (χ0) is 19.8. The summed E-state index contributed by atoms with van der Waals surface area (Å²) >= 11 is 0. The minimum Gasteiger partial charge on any atom is -0.493 e. The minimum absolute atomic E-state index is 0. The molecule has 29 heavy (non-hydrogen) atoms. The van der Waals surface area contributed by atoms with Gasteiger partial charge in [-0.3, -0.25) is 0 Å². The van der Waals surface area contributed by atoms with Crippen LogP contribution in [0.2, 0.25) is 0 Å². The number of rotatable bonds is 7. The maximum absolute atomic E-state index is 6.09. The molecule has 0 unspecified atom stereocenters. The normalized spacial score (nSPS) is 14.1. The number of para-hydroxylation sites is 1.